The van der Waals surface area contributed by atoms with E-state index in [1.165, 1.54) is 32.2 Å². The van der Waals surface area contributed by atoms with Gasteiger partial charge >= 0.3 is 0 Å². The van der Waals surface area contributed by atoms with Crippen LogP contribution in [0.25, 0.3) is 0 Å². The van der Waals surface area contributed by atoms with Crippen molar-refractivity contribution in [3.05, 3.63) is 6.42 Å². The van der Waals surface area contributed by atoms with E-state index >= 15 is 0 Å². The van der Waals surface area contributed by atoms with Crippen LogP contribution in [0.3, 0.4) is 0 Å². The van der Waals surface area contributed by atoms with Crippen LogP contribution < -0.4 is 5.32 Å². The average Bonchev–Trinajstić information content (AvgIpc) is 1.91. The molecule has 1 heteroatoms. The molecule has 1 atom stereocenters. The maximum absolute atomic E-state index is 3.22. The summed E-state index contributed by atoms with van der Waals surface area (Å²) in [6.45, 7) is 1.20. The van der Waals surface area contributed by atoms with Crippen molar-refractivity contribution in [2.24, 2.45) is 5.92 Å². The van der Waals surface area contributed by atoms with Crippen LogP contribution in [0.5, 0.6) is 0 Å². The van der Waals surface area contributed by atoms with Gasteiger partial charge in [-0.05, 0) is 38.8 Å². The van der Waals surface area contributed by atoms with Crippen molar-refractivity contribution in [1.82, 2.24) is 5.32 Å². The molecule has 0 amide bonds. The molecule has 0 aromatic rings. The Morgan fingerprint density at radius 1 is 1.67 bits per heavy atom. The third-order valence-corrected chi connectivity index (χ3v) is 2.01. The van der Waals surface area contributed by atoms with E-state index in [0.29, 0.717) is 0 Å². The SMILES string of the molecule is CNCC1C[CH]CCC1. The molecule has 1 aliphatic rings. The van der Waals surface area contributed by atoms with Gasteiger partial charge in [-0.2, -0.15) is 0 Å². The van der Waals surface area contributed by atoms with Crippen molar-refractivity contribution >= 4 is 0 Å². The molecule has 0 aliphatic heterocycles. The lowest BCUT2D eigenvalue weighted by molar-refractivity contribution is 0.401. The van der Waals surface area contributed by atoms with Crippen LogP contribution >= 0.6 is 0 Å². The fourth-order valence-corrected chi connectivity index (χ4v) is 1.50. The molecule has 0 heterocycles. The van der Waals surface area contributed by atoms with Gasteiger partial charge in [-0.3, -0.25) is 0 Å². The van der Waals surface area contributed by atoms with Gasteiger partial charge in [0.1, 0.15) is 0 Å². The Morgan fingerprint density at radius 3 is 3.11 bits per heavy atom. The summed E-state index contributed by atoms with van der Waals surface area (Å²) in [7, 11) is 2.04. The first kappa shape index (κ1) is 7.07. The van der Waals surface area contributed by atoms with Crippen molar-refractivity contribution in [2.75, 3.05) is 13.6 Å². The topological polar surface area (TPSA) is 12.0 Å². The Labute approximate surface area is 57.8 Å². The summed E-state index contributed by atoms with van der Waals surface area (Å²) in [5, 5.41) is 3.22. The Kier molecular flexibility index (Phi) is 3.05. The van der Waals surface area contributed by atoms with Gasteiger partial charge in [0.15, 0.2) is 0 Å². The highest BCUT2D eigenvalue weighted by Crippen LogP contribution is 2.21. The van der Waals surface area contributed by atoms with Crippen LogP contribution in [0.15, 0.2) is 0 Å². The quantitative estimate of drug-likeness (QED) is 0.592. The lowest BCUT2D eigenvalue weighted by atomic mass is 9.89. The molecule has 0 bridgehead atoms. The van der Waals surface area contributed by atoms with Gasteiger partial charge in [-0.15, -0.1) is 0 Å². The normalized spacial score (nSPS) is 22.3. The zero-order valence-electron chi connectivity index (χ0n) is 6.19. The van der Waals surface area contributed by atoms with Gasteiger partial charge in [0.05, 0.1) is 0 Å². The Bertz CT molecular complexity index is 62.2. The summed E-state index contributed by atoms with van der Waals surface area (Å²) < 4.78 is 0. The third kappa shape index (κ3) is 2.35. The van der Waals surface area contributed by atoms with Crippen LogP contribution in [0, 0.1) is 12.3 Å². The molecule has 1 nitrogen and oxygen atoms in total. The lowest BCUT2D eigenvalue weighted by Gasteiger charge is -2.20. The van der Waals surface area contributed by atoms with E-state index in [-0.39, 0.29) is 0 Å². The largest absolute Gasteiger partial charge is 0.319 e. The van der Waals surface area contributed by atoms with Crippen LogP contribution in [-0.2, 0) is 0 Å². The fourth-order valence-electron chi connectivity index (χ4n) is 1.50. The molecule has 53 valence electrons. The molecule has 1 aliphatic carbocycles. The minimum absolute atomic E-state index is 0.934. The van der Waals surface area contributed by atoms with Crippen molar-refractivity contribution in [1.29, 1.82) is 0 Å². The first-order valence-electron chi connectivity index (χ1n) is 3.89. The molecule has 0 aromatic heterocycles. The summed E-state index contributed by atoms with van der Waals surface area (Å²) in [5.41, 5.74) is 0. The Hall–Kier alpha value is -0.0400. The second-order valence-corrected chi connectivity index (χ2v) is 2.88. The van der Waals surface area contributed by atoms with E-state index in [4.69, 9.17) is 0 Å². The third-order valence-electron chi connectivity index (χ3n) is 2.01. The molecule has 0 spiro atoms. The van der Waals surface area contributed by atoms with E-state index in [9.17, 15) is 0 Å². The van der Waals surface area contributed by atoms with Crippen LogP contribution in [-0.4, -0.2) is 13.6 Å². The maximum Gasteiger partial charge on any atom is -0.00234 e. The zero-order valence-corrected chi connectivity index (χ0v) is 6.19. The van der Waals surface area contributed by atoms with E-state index in [1.54, 1.807) is 0 Å². The first-order chi connectivity index (χ1) is 4.43. The van der Waals surface area contributed by atoms with E-state index < -0.39 is 0 Å². The molecule has 9 heavy (non-hydrogen) atoms. The van der Waals surface area contributed by atoms with Crippen molar-refractivity contribution < 1.29 is 0 Å². The smallest absolute Gasteiger partial charge is 0.00234 e. The molecule has 1 saturated carbocycles. The van der Waals surface area contributed by atoms with Crippen molar-refractivity contribution in [2.45, 2.75) is 25.7 Å². The molecular weight excluding hydrogens is 110 g/mol. The molecular formula is C8H16N. The monoisotopic (exact) mass is 126 g/mol. The van der Waals surface area contributed by atoms with E-state index in [2.05, 4.69) is 11.7 Å². The van der Waals surface area contributed by atoms with Crippen molar-refractivity contribution in [3.8, 4) is 0 Å². The minimum Gasteiger partial charge on any atom is -0.319 e. The number of hydrogen-bond donors (Lipinski definition) is 1. The summed E-state index contributed by atoms with van der Waals surface area (Å²) >= 11 is 0. The fraction of sp³-hybridized carbons (Fsp3) is 0.875. The minimum atomic E-state index is 0.934. The highest BCUT2D eigenvalue weighted by atomic mass is 14.8. The summed E-state index contributed by atoms with van der Waals surface area (Å²) in [6, 6.07) is 0. The maximum atomic E-state index is 3.22. The molecule has 1 N–H and O–H groups in total. The molecule has 0 saturated heterocycles. The van der Waals surface area contributed by atoms with Crippen molar-refractivity contribution in [3.63, 3.8) is 0 Å². The zero-order chi connectivity index (χ0) is 6.53. The van der Waals surface area contributed by atoms with Gasteiger partial charge in [-0.25, -0.2) is 0 Å². The number of hydrogen-bond acceptors (Lipinski definition) is 1. The first-order valence-corrected chi connectivity index (χ1v) is 3.89. The molecule has 1 fully saturated rings. The second kappa shape index (κ2) is 3.89. The van der Waals surface area contributed by atoms with Crippen LogP contribution in [0.1, 0.15) is 25.7 Å². The summed E-state index contributed by atoms with van der Waals surface area (Å²) in [5.74, 6) is 0.934. The van der Waals surface area contributed by atoms with Gasteiger partial charge in [-0.1, -0.05) is 12.8 Å². The molecule has 1 radical (unpaired) electrons. The predicted molar refractivity (Wildman–Crippen MR) is 40.2 cm³/mol. The average molecular weight is 126 g/mol. The second-order valence-electron chi connectivity index (χ2n) is 2.88. The summed E-state index contributed by atoms with van der Waals surface area (Å²) in [4.78, 5) is 0. The molecule has 0 aromatic carbocycles. The molecule has 1 rings (SSSR count). The summed E-state index contributed by atoms with van der Waals surface area (Å²) in [6.07, 6.45) is 7.94. The van der Waals surface area contributed by atoms with Crippen LogP contribution in [0.2, 0.25) is 0 Å². The number of nitrogens with one attached hydrogen (secondary N) is 1. The van der Waals surface area contributed by atoms with Gasteiger partial charge < -0.3 is 5.32 Å². The van der Waals surface area contributed by atoms with Gasteiger partial charge in [0, 0.05) is 0 Å². The molecule has 1 unspecified atom stereocenters. The standard InChI is InChI=1S/C8H16N/c1-9-7-8-5-3-2-4-6-8/h3,8-9H,2,4-7H2,1H3. The Balaban J connectivity index is 2.08. The van der Waals surface area contributed by atoms with E-state index in [0.717, 1.165) is 5.92 Å². The Morgan fingerprint density at radius 2 is 2.56 bits per heavy atom. The lowest BCUT2D eigenvalue weighted by Crippen LogP contribution is -2.20. The highest BCUT2D eigenvalue weighted by molar-refractivity contribution is 4.78. The van der Waals surface area contributed by atoms with Gasteiger partial charge in [0.25, 0.3) is 0 Å². The van der Waals surface area contributed by atoms with Crippen LogP contribution in [0.4, 0.5) is 0 Å². The number of rotatable bonds is 2. The highest BCUT2D eigenvalue weighted by Gasteiger charge is 2.11. The van der Waals surface area contributed by atoms with Gasteiger partial charge in [0.2, 0.25) is 0 Å². The van der Waals surface area contributed by atoms with E-state index in [1.807, 2.05) is 7.05 Å². The predicted octanol–water partition coefficient (Wildman–Crippen LogP) is 1.60.